The first kappa shape index (κ1) is 20.6. The fourth-order valence-electron chi connectivity index (χ4n) is 0.951. The van der Waals surface area contributed by atoms with Crippen LogP contribution in [0.25, 0.3) is 0 Å². The Morgan fingerprint density at radius 3 is 1.25 bits per heavy atom. The molecule has 0 spiro atoms. The van der Waals surface area contributed by atoms with Crippen molar-refractivity contribution in [1.29, 1.82) is 0 Å². The third kappa shape index (κ3) is 11.3. The van der Waals surface area contributed by atoms with Crippen LogP contribution in [0.2, 0.25) is 0 Å². The van der Waals surface area contributed by atoms with Crippen molar-refractivity contribution in [3.63, 3.8) is 0 Å². The first-order chi connectivity index (χ1) is 7.70. The molecule has 0 saturated carbocycles. The Labute approximate surface area is 104 Å². The molecule has 0 bridgehead atoms. The number of hydrogen-bond donors (Lipinski definition) is 0. The van der Waals surface area contributed by atoms with E-state index in [0.29, 0.717) is 5.92 Å². The van der Waals surface area contributed by atoms with E-state index in [1.165, 1.54) is 11.1 Å². The minimum Gasteiger partial charge on any atom is -0.0683 e. The Kier molecular flexibility index (Phi) is 21.4. The van der Waals surface area contributed by atoms with Crippen molar-refractivity contribution < 1.29 is 0 Å². The average Bonchev–Trinajstić information content (AvgIpc) is 2.37. The Morgan fingerprint density at radius 2 is 1.00 bits per heavy atom. The Balaban J connectivity index is -0.000000245. The molecule has 0 heteroatoms. The normalized spacial score (nSPS) is 7.62. The van der Waals surface area contributed by atoms with Crippen molar-refractivity contribution in [3.05, 3.63) is 35.4 Å². The van der Waals surface area contributed by atoms with E-state index in [0.717, 1.165) is 0 Å². The van der Waals surface area contributed by atoms with Gasteiger partial charge in [0, 0.05) is 0 Å². The summed E-state index contributed by atoms with van der Waals surface area (Å²) in [5, 5.41) is 0. The molecule has 0 radical (unpaired) electrons. The van der Waals surface area contributed by atoms with Crippen LogP contribution in [0.5, 0.6) is 0 Å². The highest BCUT2D eigenvalue weighted by atomic mass is 14.0. The summed E-state index contributed by atoms with van der Waals surface area (Å²) in [6.45, 7) is 18.5. The Hall–Kier alpha value is -0.780. The van der Waals surface area contributed by atoms with Gasteiger partial charge in [0.2, 0.25) is 0 Å². The molecular weight excluding hydrogens is 192 g/mol. The van der Waals surface area contributed by atoms with Crippen molar-refractivity contribution >= 4 is 0 Å². The molecule has 0 aliphatic carbocycles. The minimum absolute atomic E-state index is 0.653. The van der Waals surface area contributed by atoms with Gasteiger partial charge in [0.25, 0.3) is 0 Å². The van der Waals surface area contributed by atoms with Crippen LogP contribution in [-0.2, 0) is 0 Å². The lowest BCUT2D eigenvalue weighted by Gasteiger charge is -2.03. The van der Waals surface area contributed by atoms with E-state index in [1.54, 1.807) is 0 Å². The SMILES string of the molecule is CC.CC.CC.Cc1ccc(C(C)C)cc1. The summed E-state index contributed by atoms with van der Waals surface area (Å²) in [6.07, 6.45) is 0. The third-order valence-corrected chi connectivity index (χ3v) is 1.74. The molecule has 0 nitrogen and oxygen atoms in total. The van der Waals surface area contributed by atoms with E-state index >= 15 is 0 Å². The molecule has 0 fully saturated rings. The van der Waals surface area contributed by atoms with E-state index in [1.807, 2.05) is 41.5 Å². The number of aryl methyl sites for hydroxylation is 1. The molecule has 0 amide bonds. The summed E-state index contributed by atoms with van der Waals surface area (Å²) in [5.41, 5.74) is 2.76. The third-order valence-electron chi connectivity index (χ3n) is 1.74. The number of hydrogen-bond acceptors (Lipinski definition) is 0. The van der Waals surface area contributed by atoms with Gasteiger partial charge in [-0.3, -0.25) is 0 Å². The van der Waals surface area contributed by atoms with Crippen molar-refractivity contribution in [2.75, 3.05) is 0 Å². The molecule has 0 unspecified atom stereocenters. The van der Waals surface area contributed by atoms with Crippen LogP contribution in [0.4, 0.5) is 0 Å². The second-order valence-electron chi connectivity index (χ2n) is 3.07. The van der Waals surface area contributed by atoms with Crippen LogP contribution >= 0.6 is 0 Å². The van der Waals surface area contributed by atoms with Crippen molar-refractivity contribution in [2.24, 2.45) is 0 Å². The lowest BCUT2D eigenvalue weighted by molar-refractivity contribution is 0.866. The fraction of sp³-hybridized carbons (Fsp3) is 0.625. The maximum Gasteiger partial charge on any atom is -0.0219 e. The topological polar surface area (TPSA) is 0 Å². The predicted octanol–water partition coefficient (Wildman–Crippen LogP) is 6.20. The molecule has 96 valence electrons. The molecule has 1 aromatic rings. The zero-order chi connectivity index (χ0) is 13.6. The van der Waals surface area contributed by atoms with E-state index in [-0.39, 0.29) is 0 Å². The van der Waals surface area contributed by atoms with E-state index in [4.69, 9.17) is 0 Å². The van der Waals surface area contributed by atoms with Gasteiger partial charge < -0.3 is 0 Å². The van der Waals surface area contributed by atoms with Gasteiger partial charge in [-0.15, -0.1) is 0 Å². The fourth-order valence-corrected chi connectivity index (χ4v) is 0.951. The molecule has 1 rings (SSSR count). The lowest BCUT2D eigenvalue weighted by Crippen LogP contribution is -1.85. The van der Waals surface area contributed by atoms with E-state index in [9.17, 15) is 0 Å². The van der Waals surface area contributed by atoms with Gasteiger partial charge in [0.05, 0.1) is 0 Å². The second-order valence-corrected chi connectivity index (χ2v) is 3.07. The van der Waals surface area contributed by atoms with Crippen LogP contribution in [0.15, 0.2) is 24.3 Å². The van der Waals surface area contributed by atoms with Gasteiger partial charge in [-0.1, -0.05) is 85.2 Å². The monoisotopic (exact) mass is 224 g/mol. The summed E-state index contributed by atoms with van der Waals surface area (Å²) < 4.78 is 0. The molecule has 0 aliphatic heterocycles. The Bertz CT molecular complexity index is 194. The highest BCUT2D eigenvalue weighted by molar-refractivity contribution is 5.23. The van der Waals surface area contributed by atoms with Crippen LogP contribution in [-0.4, -0.2) is 0 Å². The summed E-state index contributed by atoms with van der Waals surface area (Å²) in [7, 11) is 0. The molecule has 0 aliphatic rings. The molecule has 0 saturated heterocycles. The number of benzene rings is 1. The maximum absolute atomic E-state index is 2.21. The largest absolute Gasteiger partial charge is 0.0683 e. The average molecular weight is 224 g/mol. The summed E-state index contributed by atoms with van der Waals surface area (Å²) in [4.78, 5) is 0. The van der Waals surface area contributed by atoms with Crippen LogP contribution in [0.1, 0.15) is 72.4 Å². The number of rotatable bonds is 1. The molecule has 0 N–H and O–H groups in total. The van der Waals surface area contributed by atoms with Crippen molar-refractivity contribution in [1.82, 2.24) is 0 Å². The van der Waals surface area contributed by atoms with Gasteiger partial charge in [-0.25, -0.2) is 0 Å². The standard InChI is InChI=1S/C10H14.3C2H6/c1-8(2)10-6-4-9(3)5-7-10;3*1-2/h4-8H,1-3H3;3*1-2H3. The zero-order valence-electron chi connectivity index (χ0n) is 12.9. The van der Waals surface area contributed by atoms with Gasteiger partial charge in [0.1, 0.15) is 0 Å². The molecular formula is C16H32. The maximum atomic E-state index is 2.21. The van der Waals surface area contributed by atoms with Crippen LogP contribution < -0.4 is 0 Å². The summed E-state index contributed by atoms with van der Waals surface area (Å²) >= 11 is 0. The lowest BCUT2D eigenvalue weighted by atomic mass is 10.0. The van der Waals surface area contributed by atoms with Gasteiger partial charge >= 0.3 is 0 Å². The summed E-state index contributed by atoms with van der Waals surface area (Å²) in [6, 6.07) is 8.71. The minimum atomic E-state index is 0.653. The first-order valence-electron chi connectivity index (χ1n) is 6.76. The molecule has 0 atom stereocenters. The van der Waals surface area contributed by atoms with E-state index in [2.05, 4.69) is 45.0 Å². The van der Waals surface area contributed by atoms with Gasteiger partial charge in [-0.05, 0) is 18.4 Å². The van der Waals surface area contributed by atoms with Gasteiger partial charge in [-0.2, -0.15) is 0 Å². The molecule has 16 heavy (non-hydrogen) atoms. The first-order valence-corrected chi connectivity index (χ1v) is 6.76. The quantitative estimate of drug-likeness (QED) is 0.533. The molecule has 1 aromatic carbocycles. The highest BCUT2D eigenvalue weighted by Crippen LogP contribution is 2.13. The van der Waals surface area contributed by atoms with Gasteiger partial charge in [0.15, 0.2) is 0 Å². The van der Waals surface area contributed by atoms with Crippen LogP contribution in [0, 0.1) is 6.92 Å². The molecule has 0 aromatic heterocycles. The van der Waals surface area contributed by atoms with E-state index < -0.39 is 0 Å². The van der Waals surface area contributed by atoms with Crippen molar-refractivity contribution in [2.45, 2.75) is 68.2 Å². The van der Waals surface area contributed by atoms with Crippen LogP contribution in [0.3, 0.4) is 0 Å². The Morgan fingerprint density at radius 1 is 0.688 bits per heavy atom. The molecule has 0 heterocycles. The van der Waals surface area contributed by atoms with Crippen molar-refractivity contribution in [3.8, 4) is 0 Å². The second kappa shape index (κ2) is 16.6. The zero-order valence-corrected chi connectivity index (χ0v) is 12.9. The predicted molar refractivity (Wildman–Crippen MR) is 79.3 cm³/mol. The smallest absolute Gasteiger partial charge is 0.0219 e. The summed E-state index contributed by atoms with van der Waals surface area (Å²) in [5.74, 6) is 0.653. The highest BCUT2D eigenvalue weighted by Gasteiger charge is 1.95.